The first-order valence-electron chi connectivity index (χ1n) is 11.6. The van der Waals surface area contributed by atoms with E-state index in [-0.39, 0.29) is 30.0 Å². The molecule has 0 spiro atoms. The topological polar surface area (TPSA) is 87.2 Å². The standard InChI is InChI=1S/C24H41N5O3.HI/c1-6-9-21(28-23(30)32-24(2,3)4)17-27-22(25-5)26-16-19-10-7-8-11-20(19)18-29-12-14-31-15-13-29;/h7-8,10-11,21H,6,9,12-18H2,1-5H3,(H,28,30)(H2,25,26,27);1H. The molecular formula is C24H42IN5O3. The van der Waals surface area contributed by atoms with E-state index < -0.39 is 11.7 Å². The molecule has 1 fully saturated rings. The molecule has 0 bridgehead atoms. The molecule has 8 nitrogen and oxygen atoms in total. The number of guanidine groups is 1. The molecule has 188 valence electrons. The Morgan fingerprint density at radius 3 is 2.45 bits per heavy atom. The highest BCUT2D eigenvalue weighted by Gasteiger charge is 2.19. The summed E-state index contributed by atoms with van der Waals surface area (Å²) in [6.45, 7) is 13.4. The van der Waals surface area contributed by atoms with Crippen LogP contribution in [-0.2, 0) is 22.6 Å². The first-order chi connectivity index (χ1) is 15.3. The summed E-state index contributed by atoms with van der Waals surface area (Å²) in [6.07, 6.45) is 1.42. The lowest BCUT2D eigenvalue weighted by Crippen LogP contribution is -2.48. The number of nitrogens with zero attached hydrogens (tertiary/aromatic N) is 2. The number of benzene rings is 1. The normalized spacial score (nSPS) is 15.8. The molecule has 1 unspecified atom stereocenters. The van der Waals surface area contributed by atoms with Crippen molar-refractivity contribution < 1.29 is 14.3 Å². The maximum absolute atomic E-state index is 12.2. The Kier molecular flexibility index (Phi) is 13.7. The zero-order valence-electron chi connectivity index (χ0n) is 20.8. The highest BCUT2D eigenvalue weighted by molar-refractivity contribution is 14.0. The van der Waals surface area contributed by atoms with Gasteiger partial charge in [-0.2, -0.15) is 0 Å². The van der Waals surface area contributed by atoms with E-state index in [1.54, 1.807) is 7.05 Å². The molecule has 0 radical (unpaired) electrons. The zero-order chi connectivity index (χ0) is 23.4. The van der Waals surface area contributed by atoms with E-state index >= 15 is 0 Å². The monoisotopic (exact) mass is 575 g/mol. The highest BCUT2D eigenvalue weighted by Crippen LogP contribution is 2.13. The molecule has 2 rings (SSSR count). The number of rotatable bonds is 9. The molecule has 33 heavy (non-hydrogen) atoms. The molecular weight excluding hydrogens is 533 g/mol. The quantitative estimate of drug-likeness (QED) is 0.238. The zero-order valence-corrected chi connectivity index (χ0v) is 23.1. The molecule has 0 saturated carbocycles. The van der Waals surface area contributed by atoms with E-state index in [2.05, 4.69) is 57.0 Å². The number of amides is 1. The predicted octanol–water partition coefficient (Wildman–Crippen LogP) is 3.50. The average molecular weight is 576 g/mol. The minimum absolute atomic E-state index is 0. The Balaban J connectivity index is 0.00000544. The van der Waals surface area contributed by atoms with Gasteiger partial charge in [0, 0.05) is 45.8 Å². The maximum atomic E-state index is 12.2. The minimum Gasteiger partial charge on any atom is -0.444 e. The molecule has 1 atom stereocenters. The lowest BCUT2D eigenvalue weighted by atomic mass is 10.1. The van der Waals surface area contributed by atoms with E-state index in [1.807, 2.05) is 20.8 Å². The molecule has 1 heterocycles. The second-order valence-electron chi connectivity index (χ2n) is 9.10. The van der Waals surface area contributed by atoms with Crippen molar-refractivity contribution in [2.45, 2.75) is 65.3 Å². The van der Waals surface area contributed by atoms with Crippen molar-refractivity contribution in [1.29, 1.82) is 0 Å². The Hall–Kier alpha value is -1.59. The molecule has 1 aromatic carbocycles. The molecule has 1 aliphatic heterocycles. The van der Waals surface area contributed by atoms with Crippen LogP contribution in [0.15, 0.2) is 29.3 Å². The Labute approximate surface area is 216 Å². The van der Waals surface area contributed by atoms with Gasteiger partial charge in [-0.1, -0.05) is 37.6 Å². The van der Waals surface area contributed by atoms with Gasteiger partial charge < -0.3 is 25.4 Å². The van der Waals surface area contributed by atoms with Crippen LogP contribution in [-0.4, -0.2) is 68.5 Å². The van der Waals surface area contributed by atoms with Crippen molar-refractivity contribution in [3.63, 3.8) is 0 Å². The number of halogens is 1. The van der Waals surface area contributed by atoms with Crippen molar-refractivity contribution in [3.8, 4) is 0 Å². The Morgan fingerprint density at radius 1 is 1.18 bits per heavy atom. The van der Waals surface area contributed by atoms with Gasteiger partial charge in [0.2, 0.25) is 0 Å². The number of carbonyl (C=O) groups excluding carboxylic acids is 1. The number of nitrogens with one attached hydrogen (secondary N) is 3. The summed E-state index contributed by atoms with van der Waals surface area (Å²) < 4.78 is 10.9. The van der Waals surface area contributed by atoms with Crippen LogP contribution in [0.4, 0.5) is 4.79 Å². The predicted molar refractivity (Wildman–Crippen MR) is 144 cm³/mol. The smallest absolute Gasteiger partial charge is 0.407 e. The number of hydrogen-bond acceptors (Lipinski definition) is 5. The van der Waals surface area contributed by atoms with Crippen molar-refractivity contribution >= 4 is 36.0 Å². The largest absolute Gasteiger partial charge is 0.444 e. The molecule has 9 heteroatoms. The number of carbonyl (C=O) groups is 1. The number of alkyl carbamates (subject to hydrolysis) is 1. The van der Waals surface area contributed by atoms with E-state index in [0.29, 0.717) is 19.0 Å². The summed E-state index contributed by atoms with van der Waals surface area (Å²) in [4.78, 5) is 18.9. The summed E-state index contributed by atoms with van der Waals surface area (Å²) in [5.74, 6) is 0.707. The third-order valence-electron chi connectivity index (χ3n) is 5.16. The third kappa shape index (κ3) is 11.9. The molecule has 1 aliphatic rings. The van der Waals surface area contributed by atoms with Gasteiger partial charge in [0.15, 0.2) is 5.96 Å². The van der Waals surface area contributed by atoms with E-state index in [9.17, 15) is 4.79 Å². The average Bonchev–Trinajstić information content (AvgIpc) is 2.74. The van der Waals surface area contributed by atoms with Gasteiger partial charge in [-0.25, -0.2) is 4.79 Å². The van der Waals surface area contributed by atoms with Gasteiger partial charge in [-0.15, -0.1) is 24.0 Å². The molecule has 1 aromatic rings. The van der Waals surface area contributed by atoms with Gasteiger partial charge >= 0.3 is 6.09 Å². The van der Waals surface area contributed by atoms with Crippen LogP contribution in [0, 0.1) is 0 Å². The first kappa shape index (κ1) is 29.4. The van der Waals surface area contributed by atoms with Gasteiger partial charge in [0.1, 0.15) is 5.60 Å². The van der Waals surface area contributed by atoms with Crippen LogP contribution in [0.2, 0.25) is 0 Å². The Bertz CT molecular complexity index is 733. The summed E-state index contributed by atoms with van der Waals surface area (Å²) >= 11 is 0. The summed E-state index contributed by atoms with van der Waals surface area (Å²) in [7, 11) is 1.76. The third-order valence-corrected chi connectivity index (χ3v) is 5.16. The fourth-order valence-corrected chi connectivity index (χ4v) is 3.55. The minimum atomic E-state index is -0.513. The highest BCUT2D eigenvalue weighted by atomic mass is 127. The lowest BCUT2D eigenvalue weighted by Gasteiger charge is -2.27. The summed E-state index contributed by atoms with van der Waals surface area (Å²) in [5.41, 5.74) is 2.05. The number of hydrogen-bond donors (Lipinski definition) is 3. The summed E-state index contributed by atoms with van der Waals surface area (Å²) in [5, 5.41) is 9.70. The molecule has 0 aromatic heterocycles. The van der Waals surface area contributed by atoms with Crippen LogP contribution < -0.4 is 16.0 Å². The van der Waals surface area contributed by atoms with Crippen molar-refractivity contribution in [2.24, 2.45) is 4.99 Å². The second kappa shape index (κ2) is 15.3. The fourth-order valence-electron chi connectivity index (χ4n) is 3.55. The Morgan fingerprint density at radius 2 is 1.85 bits per heavy atom. The number of ether oxygens (including phenoxy) is 2. The van der Waals surface area contributed by atoms with Crippen LogP contribution >= 0.6 is 24.0 Å². The van der Waals surface area contributed by atoms with E-state index in [4.69, 9.17) is 9.47 Å². The molecule has 1 saturated heterocycles. The van der Waals surface area contributed by atoms with E-state index in [1.165, 1.54) is 11.1 Å². The number of aliphatic imine (C=N–C) groups is 1. The van der Waals surface area contributed by atoms with Crippen LogP contribution in [0.5, 0.6) is 0 Å². The van der Waals surface area contributed by atoms with Crippen molar-refractivity contribution in [3.05, 3.63) is 35.4 Å². The SMILES string of the molecule is CCCC(CNC(=NC)NCc1ccccc1CN1CCOCC1)NC(=O)OC(C)(C)C.I. The van der Waals surface area contributed by atoms with Crippen LogP contribution in [0.3, 0.4) is 0 Å². The molecule has 1 amide bonds. The van der Waals surface area contributed by atoms with Gasteiger partial charge in [-0.3, -0.25) is 9.89 Å². The maximum Gasteiger partial charge on any atom is 0.407 e. The lowest BCUT2D eigenvalue weighted by molar-refractivity contribution is 0.0340. The van der Waals surface area contributed by atoms with Crippen LogP contribution in [0.1, 0.15) is 51.7 Å². The fraction of sp³-hybridized carbons (Fsp3) is 0.667. The second-order valence-corrected chi connectivity index (χ2v) is 9.10. The van der Waals surface area contributed by atoms with E-state index in [0.717, 1.165) is 45.7 Å². The van der Waals surface area contributed by atoms with Crippen molar-refractivity contribution in [1.82, 2.24) is 20.9 Å². The number of morpholine rings is 1. The molecule has 0 aliphatic carbocycles. The summed E-state index contributed by atoms with van der Waals surface area (Å²) in [6, 6.07) is 8.45. The van der Waals surface area contributed by atoms with Gasteiger partial charge in [-0.05, 0) is 38.3 Å². The first-order valence-corrected chi connectivity index (χ1v) is 11.6. The van der Waals surface area contributed by atoms with Crippen molar-refractivity contribution in [2.75, 3.05) is 39.9 Å². The molecule has 3 N–H and O–H groups in total. The van der Waals surface area contributed by atoms with Gasteiger partial charge in [0.25, 0.3) is 0 Å². The van der Waals surface area contributed by atoms with Crippen LogP contribution in [0.25, 0.3) is 0 Å². The van der Waals surface area contributed by atoms with Gasteiger partial charge in [0.05, 0.1) is 13.2 Å².